The van der Waals surface area contributed by atoms with Gasteiger partial charge in [-0.1, -0.05) is 6.42 Å². The Morgan fingerprint density at radius 3 is 2.42 bits per heavy atom. The van der Waals surface area contributed by atoms with Gasteiger partial charge in [0.05, 0.1) is 0 Å². The van der Waals surface area contributed by atoms with Crippen molar-refractivity contribution in [2.45, 2.75) is 37.8 Å². The molecule has 1 aliphatic heterocycles. The summed E-state index contributed by atoms with van der Waals surface area (Å²) in [5, 5.41) is 8.86. The van der Waals surface area contributed by atoms with E-state index in [0.29, 0.717) is 24.7 Å². The van der Waals surface area contributed by atoms with Crippen molar-refractivity contribution in [3.8, 4) is 0 Å². The molecule has 1 aromatic heterocycles. The molecule has 1 unspecified atom stereocenters. The van der Waals surface area contributed by atoms with Gasteiger partial charge in [0.15, 0.2) is 0 Å². The van der Waals surface area contributed by atoms with Gasteiger partial charge >= 0.3 is 12.1 Å². The summed E-state index contributed by atoms with van der Waals surface area (Å²) < 4.78 is 39.4. The van der Waals surface area contributed by atoms with Crippen LogP contribution in [0.2, 0.25) is 0 Å². The number of nitrogens with zero attached hydrogens (tertiary/aromatic N) is 3. The van der Waals surface area contributed by atoms with Crippen LogP contribution in [0.15, 0.2) is 6.07 Å². The number of fused-ring (bicyclic) bond motifs is 1. The number of carbonyl (C=O) groups is 1. The molecule has 1 aromatic rings. The molecule has 0 amide bonds. The van der Waals surface area contributed by atoms with Crippen molar-refractivity contribution in [1.29, 1.82) is 0 Å². The Morgan fingerprint density at radius 1 is 1.25 bits per heavy atom. The van der Waals surface area contributed by atoms with E-state index < -0.39 is 17.8 Å². The average Bonchev–Trinajstić information content (AvgIpc) is 2.89. The van der Waals surface area contributed by atoms with Crippen LogP contribution in [-0.4, -0.2) is 34.1 Å². The highest BCUT2D eigenvalue weighted by molar-refractivity contribution is 5.68. The molecule has 0 radical (unpaired) electrons. The molecule has 4 rings (SSSR count). The molecule has 1 saturated heterocycles. The lowest BCUT2D eigenvalue weighted by atomic mass is 9.85. The lowest BCUT2D eigenvalue weighted by Gasteiger charge is -2.27. The summed E-state index contributed by atoms with van der Waals surface area (Å²) in [7, 11) is 0. The number of aliphatic carboxylic acids is 1. The van der Waals surface area contributed by atoms with Crippen LogP contribution in [0.4, 0.5) is 19.0 Å². The second-order valence-electron chi connectivity index (χ2n) is 7.09. The van der Waals surface area contributed by atoms with Crippen LogP contribution < -0.4 is 4.90 Å². The Hall–Kier alpha value is -1.86. The number of halogens is 3. The molecule has 3 aliphatic rings. The van der Waals surface area contributed by atoms with Gasteiger partial charge in [-0.3, -0.25) is 4.79 Å². The van der Waals surface area contributed by atoms with Crippen LogP contribution in [0, 0.1) is 17.8 Å². The Balaban J connectivity index is 1.54. The third-order valence-electron chi connectivity index (χ3n) is 5.60. The fourth-order valence-corrected chi connectivity index (χ4v) is 3.95. The maximum absolute atomic E-state index is 13.1. The van der Waals surface area contributed by atoms with E-state index in [0.717, 1.165) is 25.3 Å². The van der Waals surface area contributed by atoms with Gasteiger partial charge < -0.3 is 10.0 Å². The quantitative estimate of drug-likeness (QED) is 0.912. The van der Waals surface area contributed by atoms with E-state index in [1.807, 2.05) is 4.90 Å². The van der Waals surface area contributed by atoms with E-state index in [1.165, 1.54) is 0 Å². The fraction of sp³-hybridized carbons (Fsp3) is 0.688. The van der Waals surface area contributed by atoms with Gasteiger partial charge in [0, 0.05) is 31.5 Å². The third kappa shape index (κ3) is 2.71. The minimum atomic E-state index is -4.48. The van der Waals surface area contributed by atoms with Crippen LogP contribution in [0.25, 0.3) is 0 Å². The smallest absolute Gasteiger partial charge is 0.433 e. The molecular weight excluding hydrogens is 323 g/mol. The molecule has 130 valence electrons. The summed E-state index contributed by atoms with van der Waals surface area (Å²) in [5.74, 6) is 0.538. The molecule has 1 N–H and O–H groups in total. The summed E-state index contributed by atoms with van der Waals surface area (Å²) in [5.41, 5.74) is -0.878. The van der Waals surface area contributed by atoms with E-state index in [9.17, 15) is 18.0 Å². The van der Waals surface area contributed by atoms with E-state index in [1.54, 1.807) is 0 Å². The number of alkyl halides is 3. The minimum Gasteiger partial charge on any atom is -0.481 e. The SMILES string of the molecule is O=C(O)CC1[C@H]2CN(c3cc(C(F)(F)F)nc(C4CCC4)n3)C[C@@H]12. The van der Waals surface area contributed by atoms with Gasteiger partial charge in [-0.2, -0.15) is 13.2 Å². The molecule has 2 heterocycles. The summed E-state index contributed by atoms with van der Waals surface area (Å²) in [4.78, 5) is 20.8. The average molecular weight is 341 g/mol. The number of anilines is 1. The zero-order valence-electron chi connectivity index (χ0n) is 13.0. The van der Waals surface area contributed by atoms with Gasteiger partial charge in [0.25, 0.3) is 0 Å². The van der Waals surface area contributed by atoms with Gasteiger partial charge in [-0.15, -0.1) is 0 Å². The van der Waals surface area contributed by atoms with E-state index >= 15 is 0 Å². The van der Waals surface area contributed by atoms with Gasteiger partial charge in [-0.25, -0.2) is 9.97 Å². The number of carboxylic acids is 1. The summed E-state index contributed by atoms with van der Waals surface area (Å²) in [6.07, 6.45) is -1.65. The van der Waals surface area contributed by atoms with Crippen LogP contribution in [-0.2, 0) is 11.0 Å². The summed E-state index contributed by atoms with van der Waals surface area (Å²) in [6.45, 7) is 1.17. The number of hydrogen-bond acceptors (Lipinski definition) is 4. The largest absolute Gasteiger partial charge is 0.481 e. The first-order valence-corrected chi connectivity index (χ1v) is 8.26. The first-order valence-electron chi connectivity index (χ1n) is 8.26. The van der Waals surface area contributed by atoms with Crippen molar-refractivity contribution >= 4 is 11.8 Å². The van der Waals surface area contributed by atoms with Gasteiger partial charge in [-0.05, 0) is 30.6 Å². The fourth-order valence-electron chi connectivity index (χ4n) is 3.95. The van der Waals surface area contributed by atoms with Crippen LogP contribution >= 0.6 is 0 Å². The molecule has 2 saturated carbocycles. The highest BCUT2D eigenvalue weighted by atomic mass is 19.4. The molecule has 3 fully saturated rings. The van der Waals surface area contributed by atoms with Crippen LogP contribution in [0.1, 0.15) is 43.1 Å². The maximum atomic E-state index is 13.1. The molecule has 24 heavy (non-hydrogen) atoms. The van der Waals surface area contributed by atoms with Crippen molar-refractivity contribution in [2.75, 3.05) is 18.0 Å². The second kappa shape index (κ2) is 5.32. The molecule has 0 spiro atoms. The number of hydrogen-bond donors (Lipinski definition) is 1. The minimum absolute atomic E-state index is 0.0305. The molecular formula is C16H18F3N3O2. The van der Waals surface area contributed by atoms with Crippen molar-refractivity contribution in [1.82, 2.24) is 9.97 Å². The van der Waals surface area contributed by atoms with E-state index in [2.05, 4.69) is 9.97 Å². The maximum Gasteiger partial charge on any atom is 0.433 e. The zero-order chi connectivity index (χ0) is 17.1. The molecule has 0 bridgehead atoms. The molecule has 3 atom stereocenters. The van der Waals surface area contributed by atoms with Crippen molar-refractivity contribution < 1.29 is 23.1 Å². The van der Waals surface area contributed by atoms with E-state index in [-0.39, 0.29) is 30.1 Å². The van der Waals surface area contributed by atoms with E-state index in [4.69, 9.17) is 5.11 Å². The topological polar surface area (TPSA) is 66.3 Å². The highest BCUT2D eigenvalue weighted by Crippen LogP contribution is 2.54. The summed E-state index contributed by atoms with van der Waals surface area (Å²) >= 11 is 0. The lowest BCUT2D eigenvalue weighted by molar-refractivity contribution is -0.141. The summed E-state index contributed by atoms with van der Waals surface area (Å²) in [6, 6.07) is 1.03. The Morgan fingerprint density at radius 2 is 1.92 bits per heavy atom. The van der Waals surface area contributed by atoms with Crippen molar-refractivity contribution in [2.24, 2.45) is 17.8 Å². The zero-order valence-corrected chi connectivity index (χ0v) is 13.0. The standard InChI is InChI=1S/C16H18F3N3O2/c17-16(18,19)12-5-13(21-15(20-12)8-2-1-3-8)22-6-10-9(4-14(23)24)11(10)7-22/h5,8-11H,1-4,6-7H2,(H,23,24)/t9?,10-,11+. The monoisotopic (exact) mass is 341 g/mol. The highest BCUT2D eigenvalue weighted by Gasteiger charge is 2.56. The molecule has 2 aliphatic carbocycles. The predicted octanol–water partition coefficient (Wildman–Crippen LogP) is 2.92. The van der Waals surface area contributed by atoms with Crippen LogP contribution in [0.3, 0.4) is 0 Å². The first kappa shape index (κ1) is 15.7. The van der Waals surface area contributed by atoms with Gasteiger partial charge in [0.1, 0.15) is 17.3 Å². The normalized spacial score (nSPS) is 29.3. The number of aromatic nitrogens is 2. The molecule has 8 heteroatoms. The Labute approximate surface area is 136 Å². The second-order valence-corrected chi connectivity index (χ2v) is 7.09. The lowest BCUT2D eigenvalue weighted by Crippen LogP contribution is -2.27. The Bertz CT molecular complexity index is 663. The number of carboxylic acid groups (broad SMARTS) is 1. The van der Waals surface area contributed by atoms with Gasteiger partial charge in [0.2, 0.25) is 0 Å². The number of piperidine rings is 1. The van der Waals surface area contributed by atoms with Crippen molar-refractivity contribution in [3.63, 3.8) is 0 Å². The molecule has 5 nitrogen and oxygen atoms in total. The Kier molecular flexibility index (Phi) is 3.47. The predicted molar refractivity (Wildman–Crippen MR) is 78.6 cm³/mol. The first-order chi connectivity index (χ1) is 11.3. The third-order valence-corrected chi connectivity index (χ3v) is 5.60. The van der Waals surface area contributed by atoms with Crippen molar-refractivity contribution in [3.05, 3.63) is 17.6 Å². The van der Waals surface area contributed by atoms with Crippen LogP contribution in [0.5, 0.6) is 0 Å². The molecule has 0 aromatic carbocycles. The number of rotatable bonds is 4.